The first-order valence-electron chi connectivity index (χ1n) is 9.08. The zero-order valence-electron chi connectivity index (χ0n) is 16.1. The Balaban J connectivity index is 1.98. The summed E-state index contributed by atoms with van der Waals surface area (Å²) in [5.74, 6) is -1.22. The van der Waals surface area contributed by atoms with Crippen molar-refractivity contribution >= 4 is 11.6 Å². The highest BCUT2D eigenvalue weighted by Crippen LogP contribution is 2.37. The molecule has 6 nitrogen and oxygen atoms in total. The van der Waals surface area contributed by atoms with Crippen molar-refractivity contribution in [3.63, 3.8) is 0 Å². The molecule has 0 aliphatic carbocycles. The van der Waals surface area contributed by atoms with E-state index in [1.54, 1.807) is 62.4 Å². The predicted molar refractivity (Wildman–Crippen MR) is 102 cm³/mol. The molecule has 4 unspecified atom stereocenters. The number of hydrogen-bond acceptors (Lipinski definition) is 6. The van der Waals surface area contributed by atoms with Crippen molar-refractivity contribution in [2.45, 2.75) is 44.4 Å². The summed E-state index contributed by atoms with van der Waals surface area (Å²) in [7, 11) is 1.38. The van der Waals surface area contributed by atoms with Gasteiger partial charge in [-0.1, -0.05) is 48.5 Å². The number of carbonyl (C=O) groups is 2. The first-order valence-corrected chi connectivity index (χ1v) is 9.08. The largest absolute Gasteiger partial charge is 0.382 e. The molecule has 0 aromatic heterocycles. The standard InChI is InChI=1S/C22H24O6/c1-13-8-4-6-10-15(13)18(23)19(24)21-22(26,12-17(27-3)28-21)20(25)16-11-7-5-9-14(16)2/h4-11,17,19,21,24,26H,12H2,1-3H3. The van der Waals surface area contributed by atoms with E-state index < -0.39 is 35.7 Å². The smallest absolute Gasteiger partial charge is 0.197 e. The van der Waals surface area contributed by atoms with Gasteiger partial charge in [0.25, 0.3) is 0 Å². The molecule has 6 heteroatoms. The molecule has 4 atom stereocenters. The summed E-state index contributed by atoms with van der Waals surface area (Å²) in [6.45, 7) is 3.50. The average Bonchev–Trinajstić information content (AvgIpc) is 3.05. The average molecular weight is 384 g/mol. The van der Waals surface area contributed by atoms with Gasteiger partial charge >= 0.3 is 0 Å². The second-order valence-corrected chi connectivity index (χ2v) is 7.12. The summed E-state index contributed by atoms with van der Waals surface area (Å²) < 4.78 is 10.7. The van der Waals surface area contributed by atoms with Crippen molar-refractivity contribution < 1.29 is 29.3 Å². The SMILES string of the molecule is COC1CC(O)(C(=O)c2ccccc2C)C(C(O)C(=O)c2ccccc2C)O1. The quantitative estimate of drug-likeness (QED) is 0.742. The van der Waals surface area contributed by atoms with E-state index in [0.29, 0.717) is 22.3 Å². The molecule has 0 spiro atoms. The highest BCUT2D eigenvalue weighted by Gasteiger charge is 2.57. The fourth-order valence-electron chi connectivity index (χ4n) is 3.60. The molecule has 1 fully saturated rings. The molecule has 148 valence electrons. The summed E-state index contributed by atoms with van der Waals surface area (Å²) >= 11 is 0. The van der Waals surface area contributed by atoms with Crippen LogP contribution >= 0.6 is 0 Å². The maximum absolute atomic E-state index is 13.2. The maximum Gasteiger partial charge on any atom is 0.197 e. The van der Waals surface area contributed by atoms with E-state index in [2.05, 4.69) is 0 Å². The van der Waals surface area contributed by atoms with Gasteiger partial charge in [0.15, 0.2) is 23.5 Å². The Morgan fingerprint density at radius 3 is 2.14 bits per heavy atom. The van der Waals surface area contributed by atoms with Crippen LogP contribution in [0.1, 0.15) is 38.3 Å². The number of hydrogen-bond donors (Lipinski definition) is 2. The number of Topliss-reactive ketones (excluding diaryl/α,β-unsaturated/α-hetero) is 2. The second-order valence-electron chi connectivity index (χ2n) is 7.12. The number of aliphatic hydroxyl groups excluding tert-OH is 1. The molecule has 1 aliphatic rings. The van der Waals surface area contributed by atoms with E-state index in [-0.39, 0.29) is 6.42 Å². The minimum atomic E-state index is -2.09. The van der Waals surface area contributed by atoms with Crippen molar-refractivity contribution in [1.82, 2.24) is 0 Å². The Hall–Kier alpha value is -2.38. The number of aliphatic hydroxyl groups is 2. The molecule has 1 saturated heterocycles. The van der Waals surface area contributed by atoms with Crippen molar-refractivity contribution in [3.8, 4) is 0 Å². The molecule has 3 rings (SSSR count). The van der Waals surface area contributed by atoms with E-state index in [1.165, 1.54) is 7.11 Å². The van der Waals surface area contributed by atoms with Gasteiger partial charge in [0.05, 0.1) is 0 Å². The van der Waals surface area contributed by atoms with Gasteiger partial charge in [0.2, 0.25) is 0 Å². The number of aryl methyl sites for hydroxylation is 2. The highest BCUT2D eigenvalue weighted by molar-refractivity contribution is 6.06. The lowest BCUT2D eigenvalue weighted by atomic mass is 9.81. The number of benzene rings is 2. The van der Waals surface area contributed by atoms with E-state index in [1.807, 2.05) is 0 Å². The number of carbonyl (C=O) groups excluding carboxylic acids is 2. The normalized spacial score (nSPS) is 25.5. The van der Waals surface area contributed by atoms with Crippen molar-refractivity contribution in [3.05, 3.63) is 70.8 Å². The van der Waals surface area contributed by atoms with Gasteiger partial charge in [0.1, 0.15) is 12.2 Å². The molecule has 0 saturated carbocycles. The minimum absolute atomic E-state index is 0.181. The molecule has 2 N–H and O–H groups in total. The van der Waals surface area contributed by atoms with Crippen LogP contribution in [0.5, 0.6) is 0 Å². The fraction of sp³-hybridized carbons (Fsp3) is 0.364. The lowest BCUT2D eigenvalue weighted by Crippen LogP contribution is -2.54. The molecule has 0 radical (unpaired) electrons. The predicted octanol–water partition coefficient (Wildman–Crippen LogP) is 2.22. The lowest BCUT2D eigenvalue weighted by molar-refractivity contribution is -0.143. The third-order valence-corrected chi connectivity index (χ3v) is 5.26. The maximum atomic E-state index is 13.2. The Morgan fingerprint density at radius 1 is 1.07 bits per heavy atom. The van der Waals surface area contributed by atoms with Gasteiger partial charge in [-0.25, -0.2) is 0 Å². The first kappa shape index (κ1) is 20.4. The summed E-state index contributed by atoms with van der Waals surface area (Å²) in [4.78, 5) is 26.1. The molecule has 28 heavy (non-hydrogen) atoms. The highest BCUT2D eigenvalue weighted by atomic mass is 16.7. The van der Waals surface area contributed by atoms with E-state index in [4.69, 9.17) is 9.47 Å². The molecule has 0 amide bonds. The van der Waals surface area contributed by atoms with Crippen molar-refractivity contribution in [2.24, 2.45) is 0 Å². The van der Waals surface area contributed by atoms with E-state index in [9.17, 15) is 19.8 Å². The number of methoxy groups -OCH3 is 1. The zero-order chi connectivity index (χ0) is 20.5. The number of ketones is 2. The first-order chi connectivity index (χ1) is 13.3. The summed E-state index contributed by atoms with van der Waals surface area (Å²) in [5, 5.41) is 22.0. The minimum Gasteiger partial charge on any atom is -0.382 e. The third kappa shape index (κ3) is 3.52. The monoisotopic (exact) mass is 384 g/mol. The van der Waals surface area contributed by atoms with Crippen LogP contribution < -0.4 is 0 Å². The Kier molecular flexibility index (Phi) is 5.76. The third-order valence-electron chi connectivity index (χ3n) is 5.26. The van der Waals surface area contributed by atoms with Gasteiger partial charge in [-0.15, -0.1) is 0 Å². The molecule has 2 aromatic rings. The fourth-order valence-corrected chi connectivity index (χ4v) is 3.60. The number of rotatable bonds is 6. The summed E-state index contributed by atoms with van der Waals surface area (Å²) in [5.41, 5.74) is -0.109. The van der Waals surface area contributed by atoms with Crippen molar-refractivity contribution in [1.29, 1.82) is 0 Å². The van der Waals surface area contributed by atoms with Crippen LogP contribution in [-0.4, -0.2) is 53.0 Å². The van der Waals surface area contributed by atoms with Crippen LogP contribution in [0.3, 0.4) is 0 Å². The molecule has 2 aromatic carbocycles. The Morgan fingerprint density at radius 2 is 1.61 bits per heavy atom. The van der Waals surface area contributed by atoms with Crippen LogP contribution in [-0.2, 0) is 9.47 Å². The summed E-state index contributed by atoms with van der Waals surface area (Å²) in [6.07, 6.45) is -4.27. The van der Waals surface area contributed by atoms with Crippen molar-refractivity contribution in [2.75, 3.05) is 7.11 Å². The topological polar surface area (TPSA) is 93.1 Å². The van der Waals surface area contributed by atoms with Gasteiger partial charge in [0, 0.05) is 24.7 Å². The van der Waals surface area contributed by atoms with Crippen LogP contribution in [0.25, 0.3) is 0 Å². The Bertz CT molecular complexity index is 892. The second kappa shape index (κ2) is 7.93. The van der Waals surface area contributed by atoms with Gasteiger partial charge < -0.3 is 19.7 Å². The number of ether oxygens (including phenoxy) is 2. The van der Waals surface area contributed by atoms with Gasteiger partial charge in [-0.3, -0.25) is 9.59 Å². The molecule has 0 bridgehead atoms. The van der Waals surface area contributed by atoms with E-state index >= 15 is 0 Å². The molecule has 1 heterocycles. The Labute approximate surface area is 163 Å². The lowest BCUT2D eigenvalue weighted by Gasteiger charge is -2.30. The molecule has 1 aliphatic heterocycles. The zero-order valence-corrected chi connectivity index (χ0v) is 16.1. The molecular formula is C22H24O6. The summed E-state index contributed by atoms with van der Waals surface area (Å²) in [6, 6.07) is 13.6. The van der Waals surface area contributed by atoms with E-state index in [0.717, 1.165) is 0 Å². The van der Waals surface area contributed by atoms with Crippen LogP contribution in [0.4, 0.5) is 0 Å². The van der Waals surface area contributed by atoms with Crippen LogP contribution in [0, 0.1) is 13.8 Å². The molecular weight excluding hydrogens is 360 g/mol. The van der Waals surface area contributed by atoms with Gasteiger partial charge in [-0.2, -0.15) is 0 Å². The van der Waals surface area contributed by atoms with Gasteiger partial charge in [-0.05, 0) is 25.0 Å². The van der Waals surface area contributed by atoms with Crippen LogP contribution in [0.15, 0.2) is 48.5 Å². The van der Waals surface area contributed by atoms with Crippen LogP contribution in [0.2, 0.25) is 0 Å².